The lowest BCUT2D eigenvalue weighted by Crippen LogP contribution is -2.08. The molecule has 1 nitrogen and oxygen atoms in total. The topological polar surface area (TPSA) is 20.2 Å². The lowest BCUT2D eigenvalue weighted by Gasteiger charge is -2.14. The van der Waals surface area contributed by atoms with Crippen molar-refractivity contribution in [1.82, 2.24) is 0 Å². The summed E-state index contributed by atoms with van der Waals surface area (Å²) < 4.78 is 41.2. The largest absolute Gasteiger partial charge is 0.388 e. The van der Waals surface area contributed by atoms with Crippen molar-refractivity contribution in [2.45, 2.75) is 19.4 Å². The van der Waals surface area contributed by atoms with E-state index in [1.807, 2.05) is 0 Å². The molecule has 0 heterocycles. The van der Waals surface area contributed by atoms with Crippen LogP contribution in [0.1, 0.15) is 22.8 Å². The molecule has 0 aliphatic rings. The van der Waals surface area contributed by atoms with E-state index in [0.717, 1.165) is 11.6 Å². The van der Waals surface area contributed by atoms with Gasteiger partial charge in [0.05, 0.1) is 10.6 Å². The molecule has 1 unspecified atom stereocenters. The molecule has 5 heteroatoms. The van der Waals surface area contributed by atoms with Crippen LogP contribution in [0.3, 0.4) is 0 Å². The highest BCUT2D eigenvalue weighted by Crippen LogP contribution is 2.28. The summed E-state index contributed by atoms with van der Waals surface area (Å²) in [6.45, 7) is 1.75. The summed E-state index contributed by atoms with van der Waals surface area (Å²) in [4.78, 5) is 0. The zero-order valence-corrected chi connectivity index (χ0v) is 12.2. The predicted octanol–water partition coefficient (Wildman–Crippen LogP) is 4.45. The molecule has 2 rings (SSSR count). The summed E-state index contributed by atoms with van der Waals surface area (Å²) in [5, 5.41) is 10.0. The normalized spacial score (nSPS) is 12.5. The second kappa shape index (κ2) is 5.97. The Bertz CT molecular complexity index is 643. The van der Waals surface area contributed by atoms with Gasteiger partial charge in [-0.2, -0.15) is 0 Å². The molecule has 0 aliphatic carbocycles. The number of halogens is 4. The van der Waals surface area contributed by atoms with E-state index in [1.54, 1.807) is 13.0 Å². The molecule has 0 saturated heterocycles. The van der Waals surface area contributed by atoms with Gasteiger partial charge in [0, 0.05) is 17.5 Å². The summed E-state index contributed by atoms with van der Waals surface area (Å²) in [5.41, 5.74) is 0.521. The average Bonchev–Trinajstić information content (AvgIpc) is 2.41. The third-order valence-electron chi connectivity index (χ3n) is 3.05. The molecule has 2 aromatic carbocycles. The van der Waals surface area contributed by atoms with Crippen LogP contribution in [0.2, 0.25) is 0 Å². The smallest absolute Gasteiger partial charge is 0.143 e. The van der Waals surface area contributed by atoms with Crippen LogP contribution in [0.5, 0.6) is 0 Å². The standard InChI is InChI=1S/C15H12BrF3O/c1-8-2-4-12(17)9(6-8)14(20)7-10-13(18)5-3-11(16)15(10)19/h2-6,14,20H,7H2,1H3. The zero-order chi connectivity index (χ0) is 14.9. The highest BCUT2D eigenvalue weighted by molar-refractivity contribution is 9.10. The van der Waals surface area contributed by atoms with Crippen molar-refractivity contribution < 1.29 is 18.3 Å². The first-order chi connectivity index (χ1) is 9.40. The Labute approximate surface area is 123 Å². The molecule has 0 aliphatic heterocycles. The van der Waals surface area contributed by atoms with Crippen LogP contribution in [0.4, 0.5) is 13.2 Å². The van der Waals surface area contributed by atoms with Gasteiger partial charge >= 0.3 is 0 Å². The minimum Gasteiger partial charge on any atom is -0.388 e. The van der Waals surface area contributed by atoms with Gasteiger partial charge in [-0.3, -0.25) is 0 Å². The number of aliphatic hydroxyl groups is 1. The van der Waals surface area contributed by atoms with Crippen molar-refractivity contribution in [2.24, 2.45) is 0 Å². The first-order valence-corrected chi connectivity index (χ1v) is 6.76. The van der Waals surface area contributed by atoms with Gasteiger partial charge in [-0.05, 0) is 41.1 Å². The van der Waals surface area contributed by atoms with E-state index in [0.29, 0.717) is 0 Å². The monoisotopic (exact) mass is 344 g/mol. The highest BCUT2D eigenvalue weighted by atomic mass is 79.9. The fourth-order valence-corrected chi connectivity index (χ4v) is 2.35. The summed E-state index contributed by atoms with van der Waals surface area (Å²) >= 11 is 2.96. The second-order valence-corrected chi connectivity index (χ2v) is 5.42. The number of hydrogen-bond donors (Lipinski definition) is 1. The van der Waals surface area contributed by atoms with Crippen LogP contribution in [0.25, 0.3) is 0 Å². The molecule has 20 heavy (non-hydrogen) atoms. The maximum atomic E-state index is 13.8. The van der Waals surface area contributed by atoms with Gasteiger partial charge in [-0.15, -0.1) is 0 Å². The quantitative estimate of drug-likeness (QED) is 0.815. The number of rotatable bonds is 3. The maximum Gasteiger partial charge on any atom is 0.143 e. The Kier molecular flexibility index (Phi) is 4.50. The van der Waals surface area contributed by atoms with Crippen molar-refractivity contribution >= 4 is 15.9 Å². The summed E-state index contributed by atoms with van der Waals surface area (Å²) in [6, 6.07) is 6.59. The average molecular weight is 345 g/mol. The lowest BCUT2D eigenvalue weighted by atomic mass is 9.99. The van der Waals surface area contributed by atoms with E-state index in [2.05, 4.69) is 15.9 Å². The molecular formula is C15H12BrF3O. The minimum absolute atomic E-state index is 0.0313. The van der Waals surface area contributed by atoms with Crippen LogP contribution >= 0.6 is 15.9 Å². The summed E-state index contributed by atoms with van der Waals surface area (Å²) in [7, 11) is 0. The summed E-state index contributed by atoms with van der Waals surface area (Å²) in [5.74, 6) is -2.14. The van der Waals surface area contributed by atoms with E-state index in [-0.39, 0.29) is 22.0 Å². The molecule has 2 aromatic rings. The molecule has 0 fully saturated rings. The molecule has 1 atom stereocenters. The van der Waals surface area contributed by atoms with Crippen molar-refractivity contribution in [3.05, 3.63) is 68.9 Å². The Hall–Kier alpha value is -1.33. The van der Waals surface area contributed by atoms with E-state index in [4.69, 9.17) is 0 Å². The fraction of sp³-hybridized carbons (Fsp3) is 0.200. The van der Waals surface area contributed by atoms with Gasteiger partial charge in [0.15, 0.2) is 0 Å². The lowest BCUT2D eigenvalue weighted by molar-refractivity contribution is 0.170. The van der Waals surface area contributed by atoms with Crippen molar-refractivity contribution in [3.8, 4) is 0 Å². The maximum absolute atomic E-state index is 13.8. The van der Waals surface area contributed by atoms with Gasteiger partial charge in [-0.1, -0.05) is 17.7 Å². The molecule has 0 bridgehead atoms. The zero-order valence-electron chi connectivity index (χ0n) is 10.6. The predicted molar refractivity (Wildman–Crippen MR) is 73.9 cm³/mol. The Morgan fingerprint density at radius 3 is 2.45 bits per heavy atom. The molecular weight excluding hydrogens is 333 g/mol. The Morgan fingerprint density at radius 2 is 1.75 bits per heavy atom. The van der Waals surface area contributed by atoms with E-state index >= 15 is 0 Å². The van der Waals surface area contributed by atoms with Gasteiger partial charge in [0.1, 0.15) is 17.5 Å². The molecule has 0 spiro atoms. The molecule has 0 radical (unpaired) electrons. The number of aliphatic hydroxyl groups excluding tert-OH is 1. The molecule has 0 saturated carbocycles. The third-order valence-corrected chi connectivity index (χ3v) is 3.66. The molecule has 1 N–H and O–H groups in total. The van der Waals surface area contributed by atoms with Crippen LogP contribution in [0.15, 0.2) is 34.8 Å². The Morgan fingerprint density at radius 1 is 1.10 bits per heavy atom. The number of aryl methyl sites for hydroxylation is 1. The van der Waals surface area contributed by atoms with E-state index < -0.39 is 23.6 Å². The van der Waals surface area contributed by atoms with E-state index in [1.165, 1.54) is 18.2 Å². The van der Waals surface area contributed by atoms with Gasteiger partial charge in [0.25, 0.3) is 0 Å². The van der Waals surface area contributed by atoms with Gasteiger partial charge in [-0.25, -0.2) is 13.2 Å². The van der Waals surface area contributed by atoms with Crippen LogP contribution < -0.4 is 0 Å². The minimum atomic E-state index is -1.31. The van der Waals surface area contributed by atoms with Crippen LogP contribution in [0, 0.1) is 24.4 Å². The Balaban J connectivity index is 2.35. The molecule has 0 amide bonds. The summed E-state index contributed by atoms with van der Waals surface area (Å²) in [6.07, 6.45) is -1.65. The van der Waals surface area contributed by atoms with Crippen molar-refractivity contribution in [3.63, 3.8) is 0 Å². The first-order valence-electron chi connectivity index (χ1n) is 5.96. The fourth-order valence-electron chi connectivity index (χ4n) is 1.98. The van der Waals surface area contributed by atoms with Gasteiger partial charge in [0.2, 0.25) is 0 Å². The van der Waals surface area contributed by atoms with Gasteiger partial charge < -0.3 is 5.11 Å². The third kappa shape index (κ3) is 3.04. The SMILES string of the molecule is Cc1ccc(F)c(C(O)Cc2c(F)ccc(Br)c2F)c1. The van der Waals surface area contributed by atoms with Crippen LogP contribution in [-0.2, 0) is 6.42 Å². The van der Waals surface area contributed by atoms with Crippen molar-refractivity contribution in [2.75, 3.05) is 0 Å². The second-order valence-electron chi connectivity index (χ2n) is 4.57. The molecule has 0 aromatic heterocycles. The van der Waals surface area contributed by atoms with Crippen molar-refractivity contribution in [1.29, 1.82) is 0 Å². The highest BCUT2D eigenvalue weighted by Gasteiger charge is 2.19. The molecule has 106 valence electrons. The van der Waals surface area contributed by atoms with E-state index in [9.17, 15) is 18.3 Å². The number of benzene rings is 2. The first kappa shape index (κ1) is 15.1. The van der Waals surface area contributed by atoms with Crippen LogP contribution in [-0.4, -0.2) is 5.11 Å². The number of hydrogen-bond acceptors (Lipinski definition) is 1.